The molecule has 5 N–H and O–H groups in total. The van der Waals surface area contributed by atoms with Gasteiger partial charge in [-0.05, 0) is 48.5 Å². The molecular weight excluding hydrogens is 502 g/mol. The Balaban J connectivity index is 1.70. The van der Waals surface area contributed by atoms with Crippen molar-refractivity contribution < 1.29 is 27.0 Å². The molecule has 2 amide bonds. The molecule has 3 rings (SSSR count). The van der Waals surface area contributed by atoms with Crippen LogP contribution in [0.1, 0.15) is 20.8 Å². The monoisotopic (exact) mass is 523 g/mol. The number of aromatic nitrogens is 1. The number of ether oxygens (including phenoxy) is 1. The number of thiazole rings is 1. The number of nitrogens with one attached hydrogen (secondary N) is 3. The summed E-state index contributed by atoms with van der Waals surface area (Å²) in [5.41, 5.74) is 6.63. The van der Waals surface area contributed by atoms with Crippen molar-refractivity contribution in [1.29, 1.82) is 0 Å². The first-order valence-electron chi connectivity index (χ1n) is 9.50. The molecule has 0 aliphatic heterocycles. The zero-order chi connectivity index (χ0) is 24.9. The van der Waals surface area contributed by atoms with Crippen LogP contribution in [-0.4, -0.2) is 47.9 Å². The van der Waals surface area contributed by atoms with Crippen LogP contribution in [0.4, 0.5) is 21.5 Å². The zero-order valence-electron chi connectivity index (χ0n) is 18.0. The van der Waals surface area contributed by atoms with E-state index in [9.17, 15) is 22.2 Å². The minimum Gasteiger partial charge on any atom is -0.497 e. The van der Waals surface area contributed by atoms with Gasteiger partial charge < -0.3 is 25.8 Å². The molecule has 0 fully saturated rings. The van der Waals surface area contributed by atoms with Crippen LogP contribution in [0.15, 0.2) is 48.5 Å². The summed E-state index contributed by atoms with van der Waals surface area (Å²) in [5, 5.41) is 5.64. The Labute approximate surface area is 202 Å². The van der Waals surface area contributed by atoms with Crippen molar-refractivity contribution in [2.45, 2.75) is 0 Å². The number of amides is 2. The molecular formula is C20H21N5O6S3. The summed E-state index contributed by atoms with van der Waals surface area (Å²) in [6.45, 7) is 0. The molecule has 0 spiro atoms. The van der Waals surface area contributed by atoms with E-state index in [1.54, 1.807) is 31.4 Å². The highest BCUT2D eigenvalue weighted by atomic mass is 32.3. The highest BCUT2D eigenvalue weighted by Crippen LogP contribution is 2.31. The van der Waals surface area contributed by atoms with E-state index in [1.807, 2.05) is 0 Å². The second-order valence-corrected chi connectivity index (χ2v) is 11.6. The van der Waals surface area contributed by atoms with Crippen molar-refractivity contribution in [2.75, 3.05) is 33.8 Å². The summed E-state index contributed by atoms with van der Waals surface area (Å²) >= 11 is 1.04. The smallest absolute Gasteiger partial charge is 0.270 e. The van der Waals surface area contributed by atoms with Gasteiger partial charge in [0, 0.05) is 23.2 Å². The summed E-state index contributed by atoms with van der Waals surface area (Å²) in [6, 6.07) is 12.9. The molecule has 34 heavy (non-hydrogen) atoms. The Hall–Kier alpha value is -3.49. The van der Waals surface area contributed by atoms with E-state index in [4.69, 9.17) is 10.5 Å². The third-order valence-electron chi connectivity index (χ3n) is 4.13. The van der Waals surface area contributed by atoms with Crippen LogP contribution in [0.5, 0.6) is 5.75 Å². The number of carbonyl (C=O) groups is 2. The van der Waals surface area contributed by atoms with Crippen LogP contribution in [0.2, 0.25) is 0 Å². The first-order valence-corrected chi connectivity index (χ1v) is 13.7. The largest absolute Gasteiger partial charge is 0.497 e. The van der Waals surface area contributed by atoms with Gasteiger partial charge in [-0.2, -0.15) is 0 Å². The van der Waals surface area contributed by atoms with E-state index in [2.05, 4.69) is 20.3 Å². The van der Waals surface area contributed by atoms with Gasteiger partial charge in [0.1, 0.15) is 26.8 Å². The topological polar surface area (TPSA) is 170 Å². The van der Waals surface area contributed by atoms with Crippen LogP contribution in [0, 0.1) is 0 Å². The predicted octanol–water partition coefficient (Wildman–Crippen LogP) is 2.32. The molecule has 0 aliphatic rings. The van der Waals surface area contributed by atoms with Gasteiger partial charge in [-0.1, -0.05) is 11.3 Å². The lowest BCUT2D eigenvalue weighted by Crippen LogP contribution is -2.18. The molecule has 11 nitrogen and oxygen atoms in total. The number of anilines is 4. The Kier molecular flexibility index (Phi) is 7.86. The van der Waals surface area contributed by atoms with E-state index in [1.165, 1.54) is 24.3 Å². The van der Waals surface area contributed by atoms with Crippen LogP contribution in [-0.2, 0) is 20.8 Å². The molecule has 1 atom stereocenters. The maximum absolute atomic E-state index is 12.7. The third kappa shape index (κ3) is 7.00. The van der Waals surface area contributed by atoms with Gasteiger partial charge >= 0.3 is 0 Å². The van der Waals surface area contributed by atoms with Crippen LogP contribution in [0.25, 0.3) is 0 Å². The second kappa shape index (κ2) is 10.6. The molecule has 0 saturated heterocycles. The van der Waals surface area contributed by atoms with Gasteiger partial charge in [0.15, 0.2) is 20.7 Å². The Morgan fingerprint density at radius 2 is 1.71 bits per heavy atom. The van der Waals surface area contributed by atoms with E-state index >= 15 is 0 Å². The van der Waals surface area contributed by atoms with Crippen molar-refractivity contribution in [3.63, 3.8) is 0 Å². The van der Waals surface area contributed by atoms with Crippen molar-refractivity contribution in [1.82, 2.24) is 4.98 Å². The molecule has 0 radical (unpaired) electrons. The Morgan fingerprint density at radius 3 is 2.26 bits per heavy atom. The minimum absolute atomic E-state index is 0.0937. The molecule has 1 aromatic heterocycles. The van der Waals surface area contributed by atoms with Crippen molar-refractivity contribution >= 4 is 65.5 Å². The number of benzene rings is 2. The zero-order valence-corrected chi connectivity index (χ0v) is 20.5. The fourth-order valence-corrected chi connectivity index (χ4v) is 5.72. The number of nitrogens with two attached hydrogens (primary N) is 1. The quantitative estimate of drug-likeness (QED) is 0.314. The molecule has 180 valence electrons. The summed E-state index contributed by atoms with van der Waals surface area (Å²) in [6.07, 6.45) is 0.984. The molecule has 2 aromatic carbocycles. The number of sulfone groups is 1. The number of carbonyl (C=O) groups excluding carboxylic acids is 2. The second-order valence-electron chi connectivity index (χ2n) is 6.94. The number of methoxy groups -OCH3 is 1. The lowest BCUT2D eigenvalue weighted by molar-refractivity contribution is 0.0997. The summed E-state index contributed by atoms with van der Waals surface area (Å²) in [5.74, 6) is -0.647. The average molecular weight is 524 g/mol. The van der Waals surface area contributed by atoms with Crippen LogP contribution < -0.4 is 25.8 Å². The van der Waals surface area contributed by atoms with Gasteiger partial charge in [0.05, 0.1) is 7.11 Å². The number of rotatable bonds is 10. The summed E-state index contributed by atoms with van der Waals surface area (Å²) < 4.78 is 41.9. The molecule has 1 unspecified atom stereocenters. The van der Waals surface area contributed by atoms with Crippen LogP contribution >= 0.6 is 11.3 Å². The highest BCUT2D eigenvalue weighted by molar-refractivity contribution is 8.05. The molecule has 3 aromatic rings. The molecule has 14 heteroatoms. The Morgan fingerprint density at radius 1 is 1.09 bits per heavy atom. The van der Waals surface area contributed by atoms with E-state index < -0.39 is 37.7 Å². The summed E-state index contributed by atoms with van der Waals surface area (Å²) in [7, 11) is -3.68. The van der Waals surface area contributed by atoms with Crippen molar-refractivity contribution in [3.05, 3.63) is 59.8 Å². The van der Waals surface area contributed by atoms with Crippen molar-refractivity contribution in [2.24, 2.45) is 5.73 Å². The first kappa shape index (κ1) is 25.1. The SMILES string of the molecule is COc1ccc(Nc2nc(C(N)=O)c(NC(=O)c3ccc(NS(=O)CS(C)(=O)=O)cc3)s2)cc1. The van der Waals surface area contributed by atoms with Crippen LogP contribution in [0.3, 0.4) is 0 Å². The molecule has 0 bridgehead atoms. The molecule has 0 aliphatic carbocycles. The fourth-order valence-electron chi connectivity index (χ4n) is 2.64. The fraction of sp³-hybridized carbons (Fsp3) is 0.150. The van der Waals surface area contributed by atoms with Gasteiger partial charge in [-0.3, -0.25) is 9.59 Å². The van der Waals surface area contributed by atoms with E-state index in [0.29, 0.717) is 22.3 Å². The minimum atomic E-state index is -3.41. The van der Waals surface area contributed by atoms with E-state index in [-0.39, 0.29) is 16.3 Å². The normalized spacial score (nSPS) is 11.9. The van der Waals surface area contributed by atoms with Gasteiger partial charge in [0.2, 0.25) is 0 Å². The standard InChI is InChI=1S/C20H21N5O6S3/c1-31-15-9-7-13(8-10-15)22-20-23-16(17(21)26)19(32-20)24-18(27)12-3-5-14(6-4-12)25-33(28)11-34(2,29)30/h3-10,25H,11H2,1-2H3,(H2,21,26)(H,22,23)(H,24,27). The highest BCUT2D eigenvalue weighted by Gasteiger charge is 2.19. The first-order chi connectivity index (χ1) is 16.0. The van der Waals surface area contributed by atoms with Gasteiger partial charge in [-0.25, -0.2) is 17.6 Å². The predicted molar refractivity (Wildman–Crippen MR) is 133 cm³/mol. The number of primary amides is 1. The van der Waals surface area contributed by atoms with Crippen molar-refractivity contribution in [3.8, 4) is 5.75 Å². The molecule has 0 saturated carbocycles. The maximum atomic E-state index is 12.7. The third-order valence-corrected chi connectivity index (χ3v) is 8.05. The van der Waals surface area contributed by atoms with Gasteiger partial charge in [0.25, 0.3) is 11.8 Å². The number of nitrogens with zero attached hydrogens (tertiary/aromatic N) is 1. The van der Waals surface area contributed by atoms with E-state index in [0.717, 1.165) is 17.6 Å². The summed E-state index contributed by atoms with van der Waals surface area (Å²) in [4.78, 5) is 28.7. The molecule has 1 heterocycles. The lowest BCUT2D eigenvalue weighted by atomic mass is 10.2. The number of hydrogen-bond acceptors (Lipinski definition) is 9. The number of hydrogen-bond donors (Lipinski definition) is 4. The maximum Gasteiger partial charge on any atom is 0.270 e. The van der Waals surface area contributed by atoms with Gasteiger partial charge in [-0.15, -0.1) is 0 Å². The Bertz CT molecular complexity index is 1320. The average Bonchev–Trinajstić information content (AvgIpc) is 3.15. The lowest BCUT2D eigenvalue weighted by Gasteiger charge is -2.07.